The topological polar surface area (TPSA) is 43.4 Å². The van der Waals surface area contributed by atoms with Gasteiger partial charge in [-0.25, -0.2) is 0 Å². The first-order chi connectivity index (χ1) is 8.31. The number of hydrogen-bond acceptors (Lipinski definition) is 3. The minimum atomic E-state index is 0.550. The maximum absolute atomic E-state index is 10.6. The van der Waals surface area contributed by atoms with E-state index in [1.807, 2.05) is 0 Å². The predicted octanol–water partition coefficient (Wildman–Crippen LogP) is 3.10. The fourth-order valence-corrected chi connectivity index (χ4v) is 1.44. The van der Waals surface area contributed by atoms with Crippen molar-refractivity contribution in [3.63, 3.8) is 0 Å². The third-order valence-corrected chi connectivity index (χ3v) is 2.22. The zero-order valence-electron chi connectivity index (χ0n) is 9.00. The van der Waals surface area contributed by atoms with E-state index in [2.05, 4.69) is 0 Å². The lowest BCUT2D eigenvalue weighted by molar-refractivity contribution is 0.111. The first kappa shape index (κ1) is 11.1. The third kappa shape index (κ3) is 2.78. The van der Waals surface area contributed by atoms with Crippen molar-refractivity contribution in [1.29, 1.82) is 0 Å². The summed E-state index contributed by atoms with van der Waals surface area (Å²) in [4.78, 5) is 21.2. The summed E-state index contributed by atoms with van der Waals surface area (Å²) in [6.45, 7) is 0. The number of carbonyl (C=O) groups is 2. The van der Waals surface area contributed by atoms with E-state index in [9.17, 15) is 9.59 Å². The lowest BCUT2D eigenvalue weighted by atomic mass is 10.2. The molecule has 0 aliphatic rings. The highest BCUT2D eigenvalue weighted by Crippen LogP contribution is 2.22. The summed E-state index contributed by atoms with van der Waals surface area (Å²) in [7, 11) is 0. The van der Waals surface area contributed by atoms with Gasteiger partial charge in [0.2, 0.25) is 0 Å². The van der Waals surface area contributed by atoms with Crippen LogP contribution in [0.2, 0.25) is 0 Å². The van der Waals surface area contributed by atoms with E-state index in [4.69, 9.17) is 4.74 Å². The molecule has 84 valence electrons. The van der Waals surface area contributed by atoms with Crippen molar-refractivity contribution < 1.29 is 14.3 Å². The molecule has 2 rings (SSSR count). The van der Waals surface area contributed by atoms with Gasteiger partial charge in [-0.05, 0) is 24.3 Å². The Morgan fingerprint density at radius 2 is 1.24 bits per heavy atom. The molecule has 0 heterocycles. The van der Waals surface area contributed by atoms with Crippen LogP contribution in [0.25, 0.3) is 0 Å². The highest BCUT2D eigenvalue weighted by atomic mass is 16.5. The summed E-state index contributed by atoms with van der Waals surface area (Å²) < 4.78 is 5.55. The van der Waals surface area contributed by atoms with Crippen LogP contribution < -0.4 is 4.74 Å². The van der Waals surface area contributed by atoms with Crippen molar-refractivity contribution >= 4 is 12.6 Å². The maximum atomic E-state index is 10.6. The number of hydrogen-bond donors (Lipinski definition) is 0. The largest absolute Gasteiger partial charge is 0.457 e. The van der Waals surface area contributed by atoms with E-state index in [0.29, 0.717) is 22.6 Å². The quantitative estimate of drug-likeness (QED) is 0.752. The molecule has 0 saturated heterocycles. The summed E-state index contributed by atoms with van der Waals surface area (Å²) in [5.41, 5.74) is 1.10. The summed E-state index contributed by atoms with van der Waals surface area (Å²) in [5, 5.41) is 0. The Hall–Kier alpha value is -2.42. The predicted molar refractivity (Wildman–Crippen MR) is 63.7 cm³/mol. The van der Waals surface area contributed by atoms with Gasteiger partial charge in [0.15, 0.2) is 0 Å². The fourth-order valence-electron chi connectivity index (χ4n) is 1.44. The van der Waals surface area contributed by atoms with Crippen molar-refractivity contribution in [2.45, 2.75) is 0 Å². The molecule has 0 aliphatic heterocycles. The van der Waals surface area contributed by atoms with Crippen LogP contribution in [0.1, 0.15) is 20.7 Å². The van der Waals surface area contributed by atoms with Gasteiger partial charge in [-0.15, -0.1) is 0 Å². The molecule has 0 saturated carbocycles. The molecule has 2 aromatic rings. The Balaban J connectivity index is 2.24. The van der Waals surface area contributed by atoms with E-state index < -0.39 is 0 Å². The number of carbonyl (C=O) groups excluding carboxylic acids is 2. The van der Waals surface area contributed by atoms with Crippen LogP contribution >= 0.6 is 0 Å². The molecule has 0 radical (unpaired) electrons. The minimum Gasteiger partial charge on any atom is -0.457 e. The van der Waals surface area contributed by atoms with Gasteiger partial charge in [-0.3, -0.25) is 9.59 Å². The van der Waals surface area contributed by atoms with Crippen molar-refractivity contribution in [3.05, 3.63) is 59.7 Å². The highest BCUT2D eigenvalue weighted by molar-refractivity contribution is 5.76. The lowest BCUT2D eigenvalue weighted by Gasteiger charge is -2.06. The Morgan fingerprint density at radius 3 is 1.65 bits per heavy atom. The molecule has 0 atom stereocenters. The van der Waals surface area contributed by atoms with E-state index in [-0.39, 0.29) is 0 Å². The van der Waals surface area contributed by atoms with Crippen molar-refractivity contribution in [3.8, 4) is 11.5 Å². The van der Waals surface area contributed by atoms with Gasteiger partial charge in [-0.2, -0.15) is 0 Å². The molecule has 0 fully saturated rings. The van der Waals surface area contributed by atoms with E-state index in [1.54, 1.807) is 48.5 Å². The second kappa shape index (κ2) is 5.07. The Labute approximate surface area is 98.7 Å². The Kier molecular flexibility index (Phi) is 3.31. The molecule has 0 unspecified atom stereocenters. The molecule has 17 heavy (non-hydrogen) atoms. The standard InChI is InChI=1S/C14H10O3/c15-9-11-3-1-5-13(7-11)17-14-6-2-4-12(8-14)10-16/h1-10H. The second-order valence-corrected chi connectivity index (χ2v) is 3.48. The number of ether oxygens (including phenoxy) is 1. The summed E-state index contributed by atoms with van der Waals surface area (Å²) in [5.74, 6) is 1.13. The molecule has 0 bridgehead atoms. The first-order valence-corrected chi connectivity index (χ1v) is 5.10. The maximum Gasteiger partial charge on any atom is 0.150 e. The van der Waals surface area contributed by atoms with Crippen LogP contribution in [-0.4, -0.2) is 12.6 Å². The second-order valence-electron chi connectivity index (χ2n) is 3.48. The summed E-state index contributed by atoms with van der Waals surface area (Å²) in [6, 6.07) is 13.6. The van der Waals surface area contributed by atoms with Crippen molar-refractivity contribution in [1.82, 2.24) is 0 Å². The monoisotopic (exact) mass is 226 g/mol. The number of benzene rings is 2. The lowest BCUT2D eigenvalue weighted by Crippen LogP contribution is -1.87. The Bertz CT molecular complexity index is 497. The van der Waals surface area contributed by atoms with Gasteiger partial charge in [0.1, 0.15) is 24.1 Å². The van der Waals surface area contributed by atoms with Gasteiger partial charge in [0.25, 0.3) is 0 Å². The van der Waals surface area contributed by atoms with Crippen LogP contribution in [0.5, 0.6) is 11.5 Å². The van der Waals surface area contributed by atoms with Gasteiger partial charge in [0, 0.05) is 11.1 Å². The van der Waals surface area contributed by atoms with Crippen LogP contribution in [0, 0.1) is 0 Å². The molecule has 0 amide bonds. The molecular weight excluding hydrogens is 216 g/mol. The van der Waals surface area contributed by atoms with Gasteiger partial charge < -0.3 is 4.74 Å². The number of aldehydes is 2. The van der Waals surface area contributed by atoms with Gasteiger partial charge in [-0.1, -0.05) is 24.3 Å². The summed E-state index contributed by atoms with van der Waals surface area (Å²) in [6.07, 6.45) is 1.52. The van der Waals surface area contributed by atoms with Crippen LogP contribution in [0.4, 0.5) is 0 Å². The molecule has 0 aromatic heterocycles. The minimum absolute atomic E-state index is 0.550. The molecule has 0 spiro atoms. The number of rotatable bonds is 4. The molecule has 2 aromatic carbocycles. The zero-order valence-corrected chi connectivity index (χ0v) is 9.00. The van der Waals surface area contributed by atoms with Crippen molar-refractivity contribution in [2.75, 3.05) is 0 Å². The smallest absolute Gasteiger partial charge is 0.150 e. The average Bonchev–Trinajstić information content (AvgIpc) is 2.39. The SMILES string of the molecule is O=Cc1cccc(Oc2cccc(C=O)c2)c1. The van der Waals surface area contributed by atoms with Gasteiger partial charge in [0.05, 0.1) is 0 Å². The van der Waals surface area contributed by atoms with Gasteiger partial charge >= 0.3 is 0 Å². The fraction of sp³-hybridized carbons (Fsp3) is 0. The third-order valence-electron chi connectivity index (χ3n) is 2.22. The van der Waals surface area contributed by atoms with E-state index in [1.165, 1.54) is 0 Å². The normalized spacial score (nSPS) is 9.65. The molecule has 0 aliphatic carbocycles. The van der Waals surface area contributed by atoms with Crippen LogP contribution in [-0.2, 0) is 0 Å². The van der Waals surface area contributed by atoms with Crippen molar-refractivity contribution in [2.24, 2.45) is 0 Å². The molecule has 3 nitrogen and oxygen atoms in total. The molecular formula is C14H10O3. The zero-order chi connectivity index (χ0) is 12.1. The highest BCUT2D eigenvalue weighted by Gasteiger charge is 1.99. The molecule has 3 heteroatoms. The van der Waals surface area contributed by atoms with E-state index >= 15 is 0 Å². The summed E-state index contributed by atoms with van der Waals surface area (Å²) >= 11 is 0. The first-order valence-electron chi connectivity index (χ1n) is 5.10. The molecule has 0 N–H and O–H groups in total. The average molecular weight is 226 g/mol. The Morgan fingerprint density at radius 1 is 0.765 bits per heavy atom. The van der Waals surface area contributed by atoms with Crippen LogP contribution in [0.15, 0.2) is 48.5 Å². The van der Waals surface area contributed by atoms with Crippen LogP contribution in [0.3, 0.4) is 0 Å². The van der Waals surface area contributed by atoms with E-state index in [0.717, 1.165) is 12.6 Å².